The molecule has 0 fully saturated rings. The number of amides is 1. The van der Waals surface area contributed by atoms with Gasteiger partial charge in [0.1, 0.15) is 11.6 Å². The number of carbonyl (C=O) groups excluding carboxylic acids is 2. The SMILES string of the molecule is CCCCC(=O)c1cc(C(C)(C)C)cc(CNC(=O)CCl)c1O. The van der Waals surface area contributed by atoms with Gasteiger partial charge in [0.05, 0.1) is 5.56 Å². The van der Waals surface area contributed by atoms with E-state index < -0.39 is 0 Å². The molecule has 4 nitrogen and oxygen atoms in total. The number of aromatic hydroxyl groups is 1. The first-order chi connectivity index (χ1) is 10.7. The Morgan fingerprint density at radius 2 is 1.91 bits per heavy atom. The highest BCUT2D eigenvalue weighted by Gasteiger charge is 2.21. The average Bonchev–Trinajstić information content (AvgIpc) is 2.49. The van der Waals surface area contributed by atoms with Crippen LogP contribution in [-0.4, -0.2) is 22.7 Å². The molecule has 0 aliphatic heterocycles. The van der Waals surface area contributed by atoms with E-state index >= 15 is 0 Å². The second-order valence-electron chi connectivity index (χ2n) is 6.72. The number of alkyl halides is 1. The van der Waals surface area contributed by atoms with Gasteiger partial charge in [0, 0.05) is 18.5 Å². The molecule has 1 aromatic rings. The molecule has 1 rings (SSSR count). The van der Waals surface area contributed by atoms with Crippen molar-refractivity contribution in [3.05, 3.63) is 28.8 Å². The summed E-state index contributed by atoms with van der Waals surface area (Å²) < 4.78 is 0. The number of carbonyl (C=O) groups is 2. The van der Waals surface area contributed by atoms with Gasteiger partial charge < -0.3 is 10.4 Å². The normalized spacial score (nSPS) is 11.3. The van der Waals surface area contributed by atoms with E-state index in [4.69, 9.17) is 11.6 Å². The summed E-state index contributed by atoms with van der Waals surface area (Å²) in [6.07, 6.45) is 2.12. The van der Waals surface area contributed by atoms with Crippen LogP contribution in [0.4, 0.5) is 0 Å². The van der Waals surface area contributed by atoms with Crippen molar-refractivity contribution in [3.63, 3.8) is 0 Å². The van der Waals surface area contributed by atoms with E-state index in [1.807, 2.05) is 33.8 Å². The van der Waals surface area contributed by atoms with Crippen LogP contribution < -0.4 is 5.32 Å². The standard InChI is InChI=1S/C18H26ClNO3/c1-5-6-7-15(21)14-9-13(18(2,3)4)8-12(17(14)23)11-20-16(22)10-19/h8-9,23H,5-7,10-11H2,1-4H3,(H,20,22). The summed E-state index contributed by atoms with van der Waals surface area (Å²) in [5, 5.41) is 13.1. The maximum absolute atomic E-state index is 12.4. The van der Waals surface area contributed by atoms with Crippen LogP contribution >= 0.6 is 11.6 Å². The quantitative estimate of drug-likeness (QED) is 0.584. The molecule has 0 atom stereocenters. The molecule has 128 valence electrons. The highest BCUT2D eigenvalue weighted by Crippen LogP contribution is 2.32. The van der Waals surface area contributed by atoms with E-state index in [0.717, 1.165) is 18.4 Å². The van der Waals surface area contributed by atoms with Crippen molar-refractivity contribution in [1.82, 2.24) is 5.32 Å². The lowest BCUT2D eigenvalue weighted by atomic mass is 9.84. The van der Waals surface area contributed by atoms with Gasteiger partial charge >= 0.3 is 0 Å². The number of benzene rings is 1. The minimum absolute atomic E-state index is 0.0472. The Morgan fingerprint density at radius 3 is 2.43 bits per heavy atom. The number of phenols is 1. The summed E-state index contributed by atoms with van der Waals surface area (Å²) in [6.45, 7) is 8.30. The van der Waals surface area contributed by atoms with E-state index in [1.165, 1.54) is 0 Å². The minimum atomic E-state index is -0.314. The maximum Gasteiger partial charge on any atom is 0.235 e. The van der Waals surface area contributed by atoms with Gasteiger partial charge in [0.15, 0.2) is 5.78 Å². The van der Waals surface area contributed by atoms with Crippen molar-refractivity contribution >= 4 is 23.3 Å². The fraction of sp³-hybridized carbons (Fsp3) is 0.556. The van der Waals surface area contributed by atoms with E-state index in [1.54, 1.807) is 6.07 Å². The van der Waals surface area contributed by atoms with Crippen LogP contribution in [0.25, 0.3) is 0 Å². The molecule has 23 heavy (non-hydrogen) atoms. The van der Waals surface area contributed by atoms with Gasteiger partial charge in [-0.25, -0.2) is 0 Å². The largest absolute Gasteiger partial charge is 0.507 e. The van der Waals surface area contributed by atoms with Crippen molar-refractivity contribution < 1.29 is 14.7 Å². The van der Waals surface area contributed by atoms with Gasteiger partial charge in [-0.3, -0.25) is 9.59 Å². The smallest absolute Gasteiger partial charge is 0.235 e. The number of hydrogen-bond donors (Lipinski definition) is 2. The van der Waals surface area contributed by atoms with Gasteiger partial charge in [0.25, 0.3) is 0 Å². The number of phenolic OH excluding ortho intramolecular Hbond substituents is 1. The Labute approximate surface area is 143 Å². The van der Waals surface area contributed by atoms with Crippen LogP contribution in [0.2, 0.25) is 0 Å². The molecule has 0 aliphatic rings. The summed E-state index contributed by atoms with van der Waals surface area (Å²) in [6, 6.07) is 3.60. The summed E-state index contributed by atoms with van der Waals surface area (Å²) in [4.78, 5) is 23.7. The number of nitrogens with one attached hydrogen (secondary N) is 1. The van der Waals surface area contributed by atoms with Gasteiger partial charge in [0.2, 0.25) is 5.91 Å². The molecule has 2 N–H and O–H groups in total. The Kier molecular flexibility index (Phi) is 7.07. The number of rotatable bonds is 7. The molecule has 0 heterocycles. The third-order valence-electron chi connectivity index (χ3n) is 3.71. The molecule has 0 aliphatic carbocycles. The molecule has 0 aromatic heterocycles. The summed E-state index contributed by atoms with van der Waals surface area (Å²) in [5.74, 6) is -0.567. The van der Waals surface area contributed by atoms with Crippen LogP contribution in [-0.2, 0) is 16.8 Å². The Morgan fingerprint density at radius 1 is 1.26 bits per heavy atom. The highest BCUT2D eigenvalue weighted by molar-refractivity contribution is 6.27. The molecule has 0 bridgehead atoms. The lowest BCUT2D eigenvalue weighted by Crippen LogP contribution is -2.24. The third-order valence-corrected chi connectivity index (χ3v) is 3.95. The van der Waals surface area contributed by atoms with Gasteiger partial charge in [-0.05, 0) is 29.5 Å². The van der Waals surface area contributed by atoms with E-state index in [0.29, 0.717) is 17.5 Å². The first kappa shape index (κ1) is 19.5. The number of ketones is 1. The Hall–Kier alpha value is -1.55. The lowest BCUT2D eigenvalue weighted by molar-refractivity contribution is -0.118. The predicted octanol–water partition coefficient (Wildman–Crippen LogP) is 3.92. The lowest BCUT2D eigenvalue weighted by Gasteiger charge is -2.22. The summed E-state index contributed by atoms with van der Waals surface area (Å²) >= 11 is 5.47. The van der Waals surface area contributed by atoms with E-state index in [-0.39, 0.29) is 35.3 Å². The van der Waals surface area contributed by atoms with Crippen LogP contribution in [0.3, 0.4) is 0 Å². The first-order valence-electron chi connectivity index (χ1n) is 7.93. The molecule has 1 aromatic carbocycles. The van der Waals surface area contributed by atoms with Crippen LogP contribution in [0.15, 0.2) is 12.1 Å². The summed E-state index contributed by atoms with van der Waals surface area (Å²) in [7, 11) is 0. The van der Waals surface area contributed by atoms with Crippen molar-refractivity contribution in [1.29, 1.82) is 0 Å². The molecule has 0 unspecified atom stereocenters. The zero-order chi connectivity index (χ0) is 17.6. The van der Waals surface area contributed by atoms with E-state index in [9.17, 15) is 14.7 Å². The molecule has 0 saturated heterocycles. The summed E-state index contributed by atoms with van der Waals surface area (Å²) in [5.41, 5.74) is 1.65. The van der Waals surface area contributed by atoms with Crippen LogP contribution in [0.1, 0.15) is 68.4 Å². The fourth-order valence-corrected chi connectivity index (χ4v) is 2.28. The molecular formula is C18H26ClNO3. The Balaban J connectivity index is 3.22. The van der Waals surface area contributed by atoms with Crippen molar-refractivity contribution in [2.45, 2.75) is 58.9 Å². The molecule has 5 heteroatoms. The molecule has 0 saturated carbocycles. The number of Topliss-reactive ketones (excluding diaryl/α,β-unsaturated/α-hetero) is 1. The van der Waals surface area contributed by atoms with Crippen LogP contribution in [0.5, 0.6) is 5.75 Å². The zero-order valence-electron chi connectivity index (χ0n) is 14.3. The average molecular weight is 340 g/mol. The van der Waals surface area contributed by atoms with Crippen molar-refractivity contribution in [2.24, 2.45) is 0 Å². The monoisotopic (exact) mass is 339 g/mol. The maximum atomic E-state index is 12.4. The number of unbranched alkanes of at least 4 members (excludes halogenated alkanes) is 1. The fourth-order valence-electron chi connectivity index (χ4n) is 2.19. The topological polar surface area (TPSA) is 66.4 Å². The zero-order valence-corrected chi connectivity index (χ0v) is 15.1. The second-order valence-corrected chi connectivity index (χ2v) is 6.99. The van der Waals surface area contributed by atoms with Crippen molar-refractivity contribution in [2.75, 3.05) is 5.88 Å². The molecule has 0 radical (unpaired) electrons. The molecule has 1 amide bonds. The first-order valence-corrected chi connectivity index (χ1v) is 8.46. The minimum Gasteiger partial charge on any atom is -0.507 e. The Bertz CT molecular complexity index is 576. The highest BCUT2D eigenvalue weighted by atomic mass is 35.5. The van der Waals surface area contributed by atoms with E-state index in [2.05, 4.69) is 5.32 Å². The van der Waals surface area contributed by atoms with Crippen molar-refractivity contribution in [3.8, 4) is 5.75 Å². The molecular weight excluding hydrogens is 314 g/mol. The number of hydrogen-bond acceptors (Lipinski definition) is 3. The number of halogens is 1. The van der Waals surface area contributed by atoms with Gasteiger partial charge in [-0.15, -0.1) is 11.6 Å². The van der Waals surface area contributed by atoms with Gasteiger partial charge in [-0.1, -0.05) is 34.1 Å². The van der Waals surface area contributed by atoms with Gasteiger partial charge in [-0.2, -0.15) is 0 Å². The molecule has 0 spiro atoms. The van der Waals surface area contributed by atoms with Crippen LogP contribution in [0, 0.1) is 0 Å². The second kappa shape index (κ2) is 8.34. The third kappa shape index (κ3) is 5.54. The predicted molar refractivity (Wildman–Crippen MR) is 93.2 cm³/mol.